The zero-order chi connectivity index (χ0) is 11.3. The second-order valence-corrected chi connectivity index (χ2v) is 1.99. The van der Waals surface area contributed by atoms with Crippen LogP contribution in [-0.4, -0.2) is 22.1 Å². The highest BCUT2D eigenvalue weighted by Crippen LogP contribution is 2.01. The Morgan fingerprint density at radius 1 is 1.07 bits per heavy atom. The van der Waals surface area contributed by atoms with E-state index in [0.29, 0.717) is 0 Å². The first-order chi connectivity index (χ1) is 6.34. The van der Waals surface area contributed by atoms with Gasteiger partial charge in [-0.25, -0.2) is 9.68 Å². The summed E-state index contributed by atoms with van der Waals surface area (Å²) in [7, 11) is 0. The van der Waals surface area contributed by atoms with Crippen LogP contribution < -0.4 is 0 Å². The van der Waals surface area contributed by atoms with Crippen molar-refractivity contribution >= 4 is 11.9 Å². The lowest BCUT2D eigenvalue weighted by atomic mass is 10.2. The minimum absolute atomic E-state index is 0.873. The second kappa shape index (κ2) is 4.69. The van der Waals surface area contributed by atoms with E-state index in [0.717, 1.165) is 6.92 Å². The van der Waals surface area contributed by atoms with Crippen molar-refractivity contribution in [2.75, 3.05) is 0 Å². The lowest BCUT2D eigenvalue weighted by molar-refractivity contribution is -0.734. The van der Waals surface area contributed by atoms with Crippen molar-refractivity contribution in [3.05, 3.63) is 20.2 Å². The first-order valence-electron chi connectivity index (χ1n) is 3.07. The summed E-state index contributed by atoms with van der Waals surface area (Å²) < 4.78 is 0. The largest absolute Gasteiger partial charge is 0.316 e. The Kier molecular flexibility index (Phi) is 3.93. The Bertz CT molecular complexity index is 257. The molecular weight excluding hydrogens is 204 g/mol. The van der Waals surface area contributed by atoms with E-state index in [-0.39, 0.29) is 0 Å². The molecule has 0 unspecified atom stereocenters. The van der Waals surface area contributed by atoms with Gasteiger partial charge in [-0.1, -0.05) is 0 Å². The van der Waals surface area contributed by atoms with E-state index in [1.54, 1.807) is 0 Å². The van der Waals surface area contributed by atoms with Crippen LogP contribution in [0.5, 0.6) is 0 Å². The summed E-state index contributed by atoms with van der Waals surface area (Å²) in [5, 5.41) is 16.4. The van der Waals surface area contributed by atoms with E-state index in [1.165, 1.54) is 0 Å². The molecule has 0 rings (SSSR count). The number of hydrogen-bond acceptors (Lipinski definition) is 8. The van der Waals surface area contributed by atoms with Crippen LogP contribution in [0.4, 0.5) is 0 Å². The molecule has 0 N–H and O–H groups in total. The molecule has 0 bridgehead atoms. The minimum atomic E-state index is -1.73. The zero-order valence-corrected chi connectivity index (χ0v) is 6.74. The van der Waals surface area contributed by atoms with Gasteiger partial charge in [-0.2, -0.15) is 0 Å². The van der Waals surface area contributed by atoms with Crippen molar-refractivity contribution < 1.29 is 29.4 Å². The van der Waals surface area contributed by atoms with E-state index in [9.17, 15) is 29.8 Å². The van der Waals surface area contributed by atoms with Crippen molar-refractivity contribution in [3.63, 3.8) is 0 Å². The Balaban J connectivity index is 4.24. The average Bonchev–Trinajstić information content (AvgIpc) is 2.00. The summed E-state index contributed by atoms with van der Waals surface area (Å²) in [4.78, 5) is 47.2. The van der Waals surface area contributed by atoms with Gasteiger partial charge in [-0.05, 0) is 6.92 Å². The SMILES string of the molecule is CC(C(=O)O[N+](=O)[O-])C(=O)O[N+](=O)[O-]. The van der Waals surface area contributed by atoms with Crippen molar-refractivity contribution in [3.8, 4) is 0 Å². The number of carbonyl (C=O) groups excluding carboxylic acids is 2. The molecule has 0 radical (unpaired) electrons. The Labute approximate surface area is 75.6 Å². The van der Waals surface area contributed by atoms with Crippen molar-refractivity contribution in [1.82, 2.24) is 0 Å². The molecule has 0 atom stereocenters. The van der Waals surface area contributed by atoms with Crippen LogP contribution in [0.3, 0.4) is 0 Å². The predicted molar refractivity (Wildman–Crippen MR) is 35.3 cm³/mol. The number of carbonyl (C=O) groups is 2. The molecule has 0 spiro atoms. The third-order valence-electron chi connectivity index (χ3n) is 1.04. The van der Waals surface area contributed by atoms with Gasteiger partial charge in [0, 0.05) is 0 Å². The highest BCUT2D eigenvalue weighted by molar-refractivity contribution is 5.93. The van der Waals surface area contributed by atoms with Crippen molar-refractivity contribution in [2.24, 2.45) is 5.92 Å². The summed E-state index contributed by atoms with van der Waals surface area (Å²) in [5.41, 5.74) is 0. The quantitative estimate of drug-likeness (QED) is 0.328. The Morgan fingerprint density at radius 3 is 1.57 bits per heavy atom. The number of rotatable bonds is 4. The third kappa shape index (κ3) is 3.94. The highest BCUT2D eigenvalue weighted by atomic mass is 17.0. The molecule has 0 fully saturated rings. The van der Waals surface area contributed by atoms with E-state index >= 15 is 0 Å². The summed E-state index contributed by atoms with van der Waals surface area (Å²) >= 11 is 0. The first-order valence-corrected chi connectivity index (χ1v) is 3.07. The van der Waals surface area contributed by atoms with E-state index in [2.05, 4.69) is 9.68 Å². The molecule has 0 aromatic rings. The molecule has 0 aliphatic heterocycles. The zero-order valence-electron chi connectivity index (χ0n) is 6.74. The van der Waals surface area contributed by atoms with Gasteiger partial charge in [0.2, 0.25) is 0 Å². The van der Waals surface area contributed by atoms with Crippen LogP contribution in [0.25, 0.3) is 0 Å². The fourth-order valence-corrected chi connectivity index (χ4v) is 0.401. The van der Waals surface area contributed by atoms with Crippen LogP contribution in [0.1, 0.15) is 6.92 Å². The third-order valence-corrected chi connectivity index (χ3v) is 1.04. The fraction of sp³-hybridized carbons (Fsp3) is 0.500. The predicted octanol–water partition coefficient (Wildman–Crippen LogP) is -0.908. The summed E-state index contributed by atoms with van der Waals surface area (Å²) in [6.07, 6.45) is 0. The minimum Gasteiger partial charge on any atom is -0.267 e. The van der Waals surface area contributed by atoms with Gasteiger partial charge in [0.1, 0.15) is 5.92 Å². The summed E-state index contributed by atoms with van der Waals surface area (Å²) in [5.74, 6) is -4.81. The van der Waals surface area contributed by atoms with E-state index in [4.69, 9.17) is 0 Å². The van der Waals surface area contributed by atoms with Gasteiger partial charge < -0.3 is 0 Å². The maximum atomic E-state index is 10.6. The van der Waals surface area contributed by atoms with Crippen LogP contribution in [0.15, 0.2) is 0 Å². The second-order valence-electron chi connectivity index (χ2n) is 1.99. The standard InChI is InChI=1S/C4H4N2O8/c1-2(3(7)13-5(9)10)4(8)14-6(11)12/h2H,1H3. The number of hydrogen-bond donors (Lipinski definition) is 0. The van der Waals surface area contributed by atoms with Gasteiger partial charge in [0.25, 0.3) is 0 Å². The maximum absolute atomic E-state index is 10.6. The molecular formula is C4H4N2O8. The lowest BCUT2D eigenvalue weighted by Gasteiger charge is -2.03. The molecule has 0 saturated heterocycles. The van der Waals surface area contributed by atoms with Gasteiger partial charge in [0.05, 0.1) is 0 Å². The molecule has 0 saturated carbocycles. The van der Waals surface area contributed by atoms with E-state index in [1.807, 2.05) is 0 Å². The molecule has 0 aliphatic rings. The van der Waals surface area contributed by atoms with Crippen molar-refractivity contribution in [2.45, 2.75) is 6.92 Å². The van der Waals surface area contributed by atoms with Gasteiger partial charge in [-0.15, -0.1) is 20.2 Å². The Hall–Kier alpha value is -2.26. The van der Waals surface area contributed by atoms with Gasteiger partial charge >= 0.3 is 22.1 Å². The van der Waals surface area contributed by atoms with E-state index < -0.39 is 28.0 Å². The van der Waals surface area contributed by atoms with Gasteiger partial charge in [0.15, 0.2) is 0 Å². The monoisotopic (exact) mass is 208 g/mol. The molecule has 10 nitrogen and oxygen atoms in total. The molecule has 78 valence electrons. The smallest absolute Gasteiger partial charge is 0.267 e. The molecule has 0 aromatic heterocycles. The molecule has 0 heterocycles. The normalized spacial score (nSPS) is 9.29. The summed E-state index contributed by atoms with van der Waals surface area (Å²) in [6, 6.07) is 0. The highest BCUT2D eigenvalue weighted by Gasteiger charge is 2.27. The molecule has 10 heteroatoms. The summed E-state index contributed by atoms with van der Waals surface area (Å²) in [6.45, 7) is 0.873. The van der Waals surface area contributed by atoms with Crippen LogP contribution in [0, 0.1) is 26.1 Å². The van der Waals surface area contributed by atoms with Crippen LogP contribution >= 0.6 is 0 Å². The number of nitrogens with zero attached hydrogens (tertiary/aromatic N) is 2. The van der Waals surface area contributed by atoms with Crippen LogP contribution in [-0.2, 0) is 19.3 Å². The van der Waals surface area contributed by atoms with Crippen LogP contribution in [0.2, 0.25) is 0 Å². The molecule has 0 aromatic carbocycles. The Morgan fingerprint density at radius 2 is 1.36 bits per heavy atom. The lowest BCUT2D eigenvalue weighted by Crippen LogP contribution is -2.28. The van der Waals surface area contributed by atoms with Crippen molar-refractivity contribution in [1.29, 1.82) is 0 Å². The molecule has 0 amide bonds. The molecule has 0 aliphatic carbocycles. The average molecular weight is 208 g/mol. The first kappa shape index (κ1) is 11.7. The van der Waals surface area contributed by atoms with Gasteiger partial charge in [-0.3, -0.25) is 9.59 Å². The topological polar surface area (TPSA) is 139 Å². The fourth-order valence-electron chi connectivity index (χ4n) is 0.401. The maximum Gasteiger partial charge on any atom is 0.316 e. The molecule has 14 heavy (non-hydrogen) atoms.